The number of rotatable bonds is 6. The first kappa shape index (κ1) is 15.6. The number of aliphatic carboxylic acids is 1. The first-order chi connectivity index (χ1) is 9.90. The van der Waals surface area contributed by atoms with Crippen LogP contribution in [0.15, 0.2) is 9.68 Å². The molecule has 0 aliphatic rings. The van der Waals surface area contributed by atoms with Crippen LogP contribution in [0.25, 0.3) is 0 Å². The molecule has 0 saturated heterocycles. The quantitative estimate of drug-likeness (QED) is 0.817. The predicted molar refractivity (Wildman–Crippen MR) is 77.5 cm³/mol. The van der Waals surface area contributed by atoms with Crippen molar-refractivity contribution < 1.29 is 14.4 Å². The van der Waals surface area contributed by atoms with Gasteiger partial charge in [-0.3, -0.25) is 4.79 Å². The number of aromatic nitrogens is 4. The first-order valence-corrected chi connectivity index (χ1v) is 7.58. The van der Waals surface area contributed by atoms with E-state index in [0.29, 0.717) is 11.7 Å². The second-order valence-corrected chi connectivity index (χ2v) is 6.01. The standard InChI is InChI=1S/C13H18N4O3S/c1-7(2)12-14-15-13(21-6-11(18)19)17(12)5-10-8(3)16-20-9(10)4/h7H,5-6H2,1-4H3,(H,18,19). The highest BCUT2D eigenvalue weighted by Gasteiger charge is 2.19. The Bertz CT molecular complexity index is 628. The largest absolute Gasteiger partial charge is 0.481 e. The highest BCUT2D eigenvalue weighted by molar-refractivity contribution is 7.99. The van der Waals surface area contributed by atoms with Crippen molar-refractivity contribution in [3.8, 4) is 0 Å². The molecule has 2 aromatic rings. The molecule has 0 unspecified atom stereocenters. The summed E-state index contributed by atoms with van der Waals surface area (Å²) >= 11 is 1.17. The minimum atomic E-state index is -0.877. The van der Waals surface area contributed by atoms with Crippen molar-refractivity contribution in [1.29, 1.82) is 0 Å². The summed E-state index contributed by atoms with van der Waals surface area (Å²) in [6.07, 6.45) is 0. The molecule has 21 heavy (non-hydrogen) atoms. The molecule has 8 heteroatoms. The van der Waals surface area contributed by atoms with Gasteiger partial charge >= 0.3 is 5.97 Å². The van der Waals surface area contributed by atoms with Crippen LogP contribution in [-0.4, -0.2) is 36.7 Å². The summed E-state index contributed by atoms with van der Waals surface area (Å²) in [5.74, 6) is 0.848. The Balaban J connectivity index is 2.34. The summed E-state index contributed by atoms with van der Waals surface area (Å²) in [4.78, 5) is 10.7. The number of aryl methyl sites for hydroxylation is 2. The molecule has 0 bridgehead atoms. The Labute approximate surface area is 126 Å². The van der Waals surface area contributed by atoms with Gasteiger partial charge in [0.25, 0.3) is 0 Å². The van der Waals surface area contributed by atoms with Gasteiger partial charge in [-0.1, -0.05) is 30.8 Å². The second kappa shape index (κ2) is 6.30. The number of carboxylic acids is 1. The van der Waals surface area contributed by atoms with Gasteiger partial charge in [0, 0.05) is 11.5 Å². The highest BCUT2D eigenvalue weighted by atomic mass is 32.2. The number of carbonyl (C=O) groups is 1. The van der Waals surface area contributed by atoms with E-state index in [9.17, 15) is 4.79 Å². The van der Waals surface area contributed by atoms with Crippen molar-refractivity contribution in [3.63, 3.8) is 0 Å². The summed E-state index contributed by atoms with van der Waals surface area (Å²) in [5, 5.41) is 21.7. The molecule has 1 N–H and O–H groups in total. The molecule has 0 aliphatic carbocycles. The van der Waals surface area contributed by atoms with E-state index in [4.69, 9.17) is 9.63 Å². The molecule has 114 valence electrons. The second-order valence-electron chi connectivity index (χ2n) is 5.07. The molecule has 7 nitrogen and oxygen atoms in total. The van der Waals surface area contributed by atoms with Crippen LogP contribution in [0.1, 0.15) is 42.6 Å². The molecule has 0 amide bonds. The first-order valence-electron chi connectivity index (χ1n) is 6.59. The summed E-state index contributed by atoms with van der Waals surface area (Å²) in [6.45, 7) is 8.33. The maximum Gasteiger partial charge on any atom is 0.313 e. The van der Waals surface area contributed by atoms with Crippen LogP contribution < -0.4 is 0 Å². The van der Waals surface area contributed by atoms with Crippen LogP contribution in [0.5, 0.6) is 0 Å². The lowest BCUT2D eigenvalue weighted by Crippen LogP contribution is -2.10. The van der Waals surface area contributed by atoms with Crippen molar-refractivity contribution in [1.82, 2.24) is 19.9 Å². The SMILES string of the molecule is Cc1noc(C)c1Cn1c(SCC(=O)O)nnc1C(C)C. The molecular formula is C13H18N4O3S. The van der Waals surface area contributed by atoms with E-state index in [0.717, 1.165) is 22.8 Å². The number of hydrogen-bond donors (Lipinski definition) is 1. The van der Waals surface area contributed by atoms with E-state index >= 15 is 0 Å². The normalized spacial score (nSPS) is 11.3. The van der Waals surface area contributed by atoms with E-state index < -0.39 is 5.97 Å². The van der Waals surface area contributed by atoms with Crippen molar-refractivity contribution in [3.05, 3.63) is 22.8 Å². The average molecular weight is 310 g/mol. The van der Waals surface area contributed by atoms with Crippen LogP contribution in [0, 0.1) is 13.8 Å². The Morgan fingerprint density at radius 1 is 1.38 bits per heavy atom. The van der Waals surface area contributed by atoms with Gasteiger partial charge < -0.3 is 14.2 Å². The van der Waals surface area contributed by atoms with Crippen LogP contribution >= 0.6 is 11.8 Å². The summed E-state index contributed by atoms with van der Waals surface area (Å²) < 4.78 is 7.11. The third-order valence-electron chi connectivity index (χ3n) is 3.08. The van der Waals surface area contributed by atoms with Gasteiger partial charge in [-0.05, 0) is 13.8 Å². The van der Waals surface area contributed by atoms with Crippen LogP contribution in [-0.2, 0) is 11.3 Å². The fraction of sp³-hybridized carbons (Fsp3) is 0.538. The third kappa shape index (κ3) is 3.44. The van der Waals surface area contributed by atoms with E-state index in [1.807, 2.05) is 32.3 Å². The molecule has 0 aliphatic heterocycles. The van der Waals surface area contributed by atoms with E-state index in [2.05, 4.69) is 15.4 Å². The Hall–Kier alpha value is -1.83. The maximum atomic E-state index is 10.7. The smallest absolute Gasteiger partial charge is 0.313 e. The van der Waals surface area contributed by atoms with E-state index in [-0.39, 0.29) is 11.7 Å². The average Bonchev–Trinajstić information content (AvgIpc) is 2.95. The predicted octanol–water partition coefficient (Wildman–Crippen LogP) is 2.23. The van der Waals surface area contributed by atoms with Crippen LogP contribution in [0.2, 0.25) is 0 Å². The number of carboxylic acid groups (broad SMARTS) is 1. The fourth-order valence-electron chi connectivity index (χ4n) is 1.99. The lowest BCUT2D eigenvalue weighted by atomic mass is 10.2. The van der Waals surface area contributed by atoms with Gasteiger partial charge in [0.1, 0.15) is 11.6 Å². The van der Waals surface area contributed by atoms with Crippen molar-refractivity contribution in [2.24, 2.45) is 0 Å². The monoisotopic (exact) mass is 310 g/mol. The molecule has 2 aromatic heterocycles. The summed E-state index contributed by atoms with van der Waals surface area (Å²) in [6, 6.07) is 0. The van der Waals surface area contributed by atoms with E-state index in [1.54, 1.807) is 0 Å². The van der Waals surface area contributed by atoms with Crippen molar-refractivity contribution in [2.75, 3.05) is 5.75 Å². The molecule has 0 fully saturated rings. The van der Waals surface area contributed by atoms with Crippen molar-refractivity contribution in [2.45, 2.75) is 45.3 Å². The number of thioether (sulfide) groups is 1. The number of hydrogen-bond acceptors (Lipinski definition) is 6. The molecule has 2 heterocycles. The molecule has 2 rings (SSSR count). The summed E-state index contributed by atoms with van der Waals surface area (Å²) in [7, 11) is 0. The summed E-state index contributed by atoms with van der Waals surface area (Å²) in [5.41, 5.74) is 1.80. The van der Waals surface area contributed by atoms with Gasteiger partial charge in [0.2, 0.25) is 0 Å². The van der Waals surface area contributed by atoms with Gasteiger partial charge in [0.05, 0.1) is 18.0 Å². The zero-order valence-corrected chi connectivity index (χ0v) is 13.3. The van der Waals surface area contributed by atoms with Crippen LogP contribution in [0.3, 0.4) is 0 Å². The molecule has 0 radical (unpaired) electrons. The topological polar surface area (TPSA) is 94.0 Å². The zero-order chi connectivity index (χ0) is 15.6. The van der Waals surface area contributed by atoms with Crippen molar-refractivity contribution >= 4 is 17.7 Å². The van der Waals surface area contributed by atoms with E-state index in [1.165, 1.54) is 11.8 Å². The minimum absolute atomic E-state index is 0.0438. The molecular weight excluding hydrogens is 292 g/mol. The van der Waals surface area contributed by atoms with Gasteiger partial charge in [-0.2, -0.15) is 0 Å². The number of nitrogens with zero attached hydrogens (tertiary/aromatic N) is 4. The molecule has 0 aromatic carbocycles. The lowest BCUT2D eigenvalue weighted by Gasteiger charge is -2.11. The van der Waals surface area contributed by atoms with Gasteiger partial charge in [0.15, 0.2) is 5.16 Å². The molecule has 0 atom stereocenters. The third-order valence-corrected chi connectivity index (χ3v) is 4.04. The Morgan fingerprint density at radius 2 is 2.10 bits per heavy atom. The minimum Gasteiger partial charge on any atom is -0.481 e. The van der Waals surface area contributed by atoms with Gasteiger partial charge in [-0.25, -0.2) is 0 Å². The Kier molecular flexibility index (Phi) is 4.66. The highest BCUT2D eigenvalue weighted by Crippen LogP contribution is 2.24. The molecule has 0 spiro atoms. The fourth-order valence-corrected chi connectivity index (χ4v) is 2.66. The van der Waals surface area contributed by atoms with Crippen LogP contribution in [0.4, 0.5) is 0 Å². The maximum absolute atomic E-state index is 10.7. The molecule has 0 saturated carbocycles. The van der Waals surface area contributed by atoms with Gasteiger partial charge in [-0.15, -0.1) is 10.2 Å². The lowest BCUT2D eigenvalue weighted by molar-refractivity contribution is -0.133. The Morgan fingerprint density at radius 3 is 2.62 bits per heavy atom. The zero-order valence-electron chi connectivity index (χ0n) is 12.5.